The van der Waals surface area contributed by atoms with Crippen LogP contribution in [0.3, 0.4) is 0 Å². The quantitative estimate of drug-likeness (QED) is 0.395. The predicted molar refractivity (Wildman–Crippen MR) is 132 cm³/mol. The van der Waals surface area contributed by atoms with Crippen LogP contribution in [0.4, 0.5) is 10.1 Å². The molecule has 0 aliphatic carbocycles. The summed E-state index contributed by atoms with van der Waals surface area (Å²) in [5, 5.41) is 3.20. The first-order chi connectivity index (χ1) is 16.4. The van der Waals surface area contributed by atoms with Crippen molar-refractivity contribution in [1.82, 2.24) is 9.13 Å². The lowest BCUT2D eigenvalue weighted by atomic mass is 10.1. The summed E-state index contributed by atoms with van der Waals surface area (Å²) in [7, 11) is 0. The Morgan fingerprint density at radius 3 is 2.32 bits per heavy atom. The van der Waals surface area contributed by atoms with E-state index in [1.165, 1.54) is 28.8 Å². The number of carbonyl (C=O) groups excluding carboxylic acids is 1. The topological polar surface area (TPSA) is 73.1 Å². The van der Waals surface area contributed by atoms with E-state index < -0.39 is 0 Å². The molecule has 7 heteroatoms. The van der Waals surface area contributed by atoms with Gasteiger partial charge in [-0.15, -0.1) is 0 Å². The zero-order valence-electron chi connectivity index (χ0n) is 19.0. The number of hydrogen-bond acceptors (Lipinski definition) is 3. The zero-order valence-corrected chi connectivity index (χ0v) is 19.0. The molecule has 0 unspecified atom stereocenters. The smallest absolute Gasteiger partial charge is 0.326 e. The number of para-hydroxylation sites is 1. The van der Waals surface area contributed by atoms with Crippen molar-refractivity contribution >= 4 is 22.5 Å². The highest BCUT2D eigenvalue weighted by molar-refractivity contribution is 5.90. The summed E-state index contributed by atoms with van der Waals surface area (Å²) >= 11 is 0. The van der Waals surface area contributed by atoms with E-state index in [4.69, 9.17) is 0 Å². The van der Waals surface area contributed by atoms with Gasteiger partial charge in [0.05, 0.1) is 17.4 Å². The molecule has 0 saturated heterocycles. The summed E-state index contributed by atoms with van der Waals surface area (Å²) in [6, 6.07) is 20.6. The van der Waals surface area contributed by atoms with Gasteiger partial charge < -0.3 is 5.32 Å². The van der Waals surface area contributed by atoms with E-state index in [9.17, 15) is 18.8 Å². The summed E-state index contributed by atoms with van der Waals surface area (Å²) in [6.45, 7) is 2.59. The lowest BCUT2D eigenvalue weighted by Gasteiger charge is -2.14. The number of unbranched alkanes of at least 4 members (excludes halogenated alkanes) is 1. The molecule has 174 valence electrons. The Balaban J connectivity index is 1.49. The summed E-state index contributed by atoms with van der Waals surface area (Å²) < 4.78 is 15.9. The van der Waals surface area contributed by atoms with Gasteiger partial charge in [-0.05, 0) is 61.7 Å². The Bertz CT molecular complexity index is 1420. The second kappa shape index (κ2) is 10.3. The summed E-state index contributed by atoms with van der Waals surface area (Å²) in [4.78, 5) is 38.5. The fourth-order valence-electron chi connectivity index (χ4n) is 3.91. The number of carbonyl (C=O) groups is 1. The molecular weight excluding hydrogens is 433 g/mol. The number of nitrogens with one attached hydrogen (secondary N) is 1. The minimum absolute atomic E-state index is 0.200. The zero-order chi connectivity index (χ0) is 24.1. The van der Waals surface area contributed by atoms with Crippen LogP contribution in [0, 0.1) is 12.7 Å². The van der Waals surface area contributed by atoms with E-state index in [1.807, 2.05) is 37.3 Å². The molecule has 34 heavy (non-hydrogen) atoms. The van der Waals surface area contributed by atoms with Crippen LogP contribution in [-0.2, 0) is 17.9 Å². The lowest BCUT2D eigenvalue weighted by Crippen LogP contribution is -2.40. The molecule has 4 rings (SSSR count). The van der Waals surface area contributed by atoms with Crippen molar-refractivity contribution in [2.24, 2.45) is 0 Å². The molecule has 0 aliphatic rings. The number of benzene rings is 3. The molecule has 3 aromatic carbocycles. The largest absolute Gasteiger partial charge is 0.331 e. The Morgan fingerprint density at radius 2 is 1.59 bits per heavy atom. The maximum absolute atomic E-state index is 13.3. The standard InChI is InChI=1S/C27H26FN3O3/c1-19-9-11-20(12-10-19)18-31-24-7-3-2-6-23(24)26(33)30(27(31)34)17-5-4-8-25(32)29-22-15-13-21(28)14-16-22/h2-3,6-7,9-16H,4-5,8,17-18H2,1H3,(H,29,32). The normalized spacial score (nSPS) is 11.0. The van der Waals surface area contributed by atoms with Crippen LogP contribution in [-0.4, -0.2) is 15.0 Å². The molecule has 1 heterocycles. The van der Waals surface area contributed by atoms with Gasteiger partial charge in [0.15, 0.2) is 0 Å². The van der Waals surface area contributed by atoms with Gasteiger partial charge in [0.25, 0.3) is 5.56 Å². The number of halogens is 1. The van der Waals surface area contributed by atoms with Crippen molar-refractivity contribution in [3.05, 3.63) is 111 Å². The van der Waals surface area contributed by atoms with Gasteiger partial charge in [-0.2, -0.15) is 0 Å². The SMILES string of the molecule is Cc1ccc(Cn2c(=O)n(CCCCC(=O)Nc3ccc(F)cc3)c(=O)c3ccccc32)cc1. The van der Waals surface area contributed by atoms with Crippen molar-refractivity contribution in [2.45, 2.75) is 39.3 Å². The van der Waals surface area contributed by atoms with Gasteiger partial charge >= 0.3 is 5.69 Å². The average Bonchev–Trinajstić information content (AvgIpc) is 2.84. The number of aromatic nitrogens is 2. The molecule has 0 fully saturated rings. The lowest BCUT2D eigenvalue weighted by molar-refractivity contribution is -0.116. The first-order valence-corrected chi connectivity index (χ1v) is 11.3. The van der Waals surface area contributed by atoms with Crippen molar-refractivity contribution in [3.8, 4) is 0 Å². The molecule has 0 spiro atoms. The molecule has 1 amide bonds. The van der Waals surface area contributed by atoms with Crippen molar-refractivity contribution in [2.75, 3.05) is 5.32 Å². The van der Waals surface area contributed by atoms with Crippen molar-refractivity contribution in [1.29, 1.82) is 0 Å². The maximum Gasteiger partial charge on any atom is 0.331 e. The van der Waals surface area contributed by atoms with E-state index in [0.717, 1.165) is 11.1 Å². The highest BCUT2D eigenvalue weighted by atomic mass is 19.1. The van der Waals surface area contributed by atoms with E-state index in [-0.39, 0.29) is 35.9 Å². The van der Waals surface area contributed by atoms with Gasteiger partial charge in [-0.1, -0.05) is 42.0 Å². The molecule has 6 nitrogen and oxygen atoms in total. The highest BCUT2D eigenvalue weighted by Gasteiger charge is 2.13. The van der Waals surface area contributed by atoms with Crippen LogP contribution in [0.25, 0.3) is 10.9 Å². The van der Waals surface area contributed by atoms with Crippen LogP contribution in [0.1, 0.15) is 30.4 Å². The Hall–Kier alpha value is -4.00. The van der Waals surface area contributed by atoms with Gasteiger partial charge in [-0.3, -0.25) is 18.7 Å². The molecule has 0 atom stereocenters. The molecule has 0 bridgehead atoms. The average molecular weight is 460 g/mol. The number of hydrogen-bond donors (Lipinski definition) is 1. The summed E-state index contributed by atoms with van der Waals surface area (Å²) in [6.07, 6.45) is 1.23. The van der Waals surface area contributed by atoms with Crippen LogP contribution in [0.5, 0.6) is 0 Å². The van der Waals surface area contributed by atoms with E-state index >= 15 is 0 Å². The minimum atomic E-state index is -0.369. The fourth-order valence-corrected chi connectivity index (χ4v) is 3.91. The number of aryl methyl sites for hydroxylation is 1. The van der Waals surface area contributed by atoms with Crippen LogP contribution in [0.15, 0.2) is 82.4 Å². The first-order valence-electron chi connectivity index (χ1n) is 11.3. The number of fused-ring (bicyclic) bond motifs is 1. The van der Waals surface area contributed by atoms with Crippen LogP contribution in [0.2, 0.25) is 0 Å². The van der Waals surface area contributed by atoms with E-state index in [0.29, 0.717) is 36.0 Å². The van der Waals surface area contributed by atoms with Gasteiger partial charge in [-0.25, -0.2) is 9.18 Å². The van der Waals surface area contributed by atoms with Crippen LogP contribution < -0.4 is 16.6 Å². The van der Waals surface area contributed by atoms with Crippen molar-refractivity contribution < 1.29 is 9.18 Å². The Kier molecular flexibility index (Phi) is 7.01. The molecule has 0 radical (unpaired) electrons. The number of nitrogens with zero attached hydrogens (tertiary/aromatic N) is 2. The minimum Gasteiger partial charge on any atom is -0.326 e. The molecular formula is C27H26FN3O3. The van der Waals surface area contributed by atoms with E-state index in [2.05, 4.69) is 5.32 Å². The Morgan fingerprint density at radius 1 is 0.882 bits per heavy atom. The third kappa shape index (κ3) is 5.31. The van der Waals surface area contributed by atoms with Crippen molar-refractivity contribution in [3.63, 3.8) is 0 Å². The Labute approximate surface area is 196 Å². The predicted octanol–water partition coefficient (Wildman–Crippen LogP) is 4.47. The number of anilines is 1. The van der Waals surface area contributed by atoms with Crippen LogP contribution >= 0.6 is 0 Å². The molecule has 4 aromatic rings. The van der Waals surface area contributed by atoms with Gasteiger partial charge in [0.1, 0.15) is 5.82 Å². The first kappa shape index (κ1) is 23.2. The fraction of sp³-hybridized carbons (Fsp3) is 0.222. The second-order valence-electron chi connectivity index (χ2n) is 8.34. The molecule has 0 saturated carbocycles. The van der Waals surface area contributed by atoms with E-state index in [1.54, 1.807) is 22.8 Å². The summed E-state index contributed by atoms with van der Waals surface area (Å²) in [5.41, 5.74) is 2.55. The van der Waals surface area contributed by atoms with Gasteiger partial charge in [0, 0.05) is 18.7 Å². The second-order valence-corrected chi connectivity index (χ2v) is 8.34. The number of amides is 1. The molecule has 1 N–H and O–H groups in total. The number of rotatable bonds is 8. The molecule has 1 aromatic heterocycles. The highest BCUT2D eigenvalue weighted by Crippen LogP contribution is 2.12. The third-order valence-corrected chi connectivity index (χ3v) is 5.76. The third-order valence-electron chi connectivity index (χ3n) is 5.76. The van der Waals surface area contributed by atoms with Gasteiger partial charge in [0.2, 0.25) is 5.91 Å². The monoisotopic (exact) mass is 459 g/mol. The molecule has 0 aliphatic heterocycles. The summed E-state index contributed by atoms with van der Waals surface area (Å²) in [5.74, 6) is -0.568. The maximum atomic E-state index is 13.3.